The number of hydrogen-bond acceptors (Lipinski definition) is 5. The Labute approximate surface area is 112 Å². The van der Waals surface area contributed by atoms with Crippen LogP contribution in [0.5, 0.6) is 0 Å². The Kier molecular flexibility index (Phi) is 4.00. The van der Waals surface area contributed by atoms with Gasteiger partial charge in [-0.15, -0.1) is 5.10 Å². The molecule has 0 radical (unpaired) electrons. The number of hydrogen-bond donors (Lipinski definition) is 2. The van der Waals surface area contributed by atoms with Gasteiger partial charge in [-0.1, -0.05) is 5.21 Å². The molecule has 3 N–H and O–H groups in total. The first kappa shape index (κ1) is 12.7. The molecular weight excluding hydrogens is 300 g/mol. The summed E-state index contributed by atoms with van der Waals surface area (Å²) in [5.41, 5.74) is 6.68. The number of amides is 1. The number of aromatic nitrogens is 4. The van der Waals surface area contributed by atoms with Crippen LogP contribution >= 0.6 is 15.9 Å². The van der Waals surface area contributed by atoms with Gasteiger partial charge in [0.1, 0.15) is 11.1 Å². The molecule has 2 aromatic rings. The van der Waals surface area contributed by atoms with Gasteiger partial charge in [-0.25, -0.2) is 9.67 Å². The highest BCUT2D eigenvalue weighted by atomic mass is 79.9. The van der Waals surface area contributed by atoms with Crippen molar-refractivity contribution in [2.45, 2.75) is 13.1 Å². The second kappa shape index (κ2) is 5.69. The van der Waals surface area contributed by atoms with Crippen LogP contribution in [0.3, 0.4) is 0 Å². The summed E-state index contributed by atoms with van der Waals surface area (Å²) in [5, 5.41) is 10.3. The van der Waals surface area contributed by atoms with Gasteiger partial charge in [0.2, 0.25) is 5.91 Å². The van der Waals surface area contributed by atoms with Crippen LogP contribution in [0.15, 0.2) is 29.1 Å². The topological polar surface area (TPSA) is 98.7 Å². The number of rotatable bonds is 4. The predicted molar refractivity (Wildman–Crippen MR) is 68.5 cm³/mol. The number of nitrogens with two attached hydrogens (primary N) is 1. The van der Waals surface area contributed by atoms with Crippen LogP contribution in [0, 0.1) is 0 Å². The summed E-state index contributed by atoms with van der Waals surface area (Å²) in [4.78, 5) is 15.7. The summed E-state index contributed by atoms with van der Waals surface area (Å²) in [7, 11) is 0. The lowest BCUT2D eigenvalue weighted by atomic mass is 10.4. The molecule has 2 heterocycles. The molecule has 0 spiro atoms. The first-order valence-corrected chi connectivity index (χ1v) is 5.97. The maximum atomic E-state index is 11.7. The number of nitrogens with one attached hydrogen (secondary N) is 1. The van der Waals surface area contributed by atoms with E-state index in [0.717, 1.165) is 0 Å². The van der Waals surface area contributed by atoms with E-state index in [4.69, 9.17) is 5.73 Å². The first-order chi connectivity index (χ1) is 8.67. The van der Waals surface area contributed by atoms with Gasteiger partial charge in [0.05, 0.1) is 23.8 Å². The lowest BCUT2D eigenvalue weighted by Gasteiger charge is -2.04. The van der Waals surface area contributed by atoms with E-state index >= 15 is 0 Å². The fraction of sp³-hybridized carbons (Fsp3) is 0.200. The third-order valence-electron chi connectivity index (χ3n) is 2.11. The standard InChI is InChI=1S/C10H11BrN6O/c11-9-2-1-7(4-13-9)14-10(18)6-17-5-8(3-12)15-16-17/h1-2,4-5H,3,6,12H2,(H,14,18). The van der Waals surface area contributed by atoms with Crippen LogP contribution in [0.4, 0.5) is 5.69 Å². The zero-order valence-electron chi connectivity index (χ0n) is 9.38. The van der Waals surface area contributed by atoms with Gasteiger partial charge in [-0.05, 0) is 28.1 Å². The molecule has 0 fully saturated rings. The van der Waals surface area contributed by atoms with Gasteiger partial charge in [0, 0.05) is 6.54 Å². The Morgan fingerprint density at radius 3 is 2.94 bits per heavy atom. The summed E-state index contributed by atoms with van der Waals surface area (Å²) < 4.78 is 2.15. The van der Waals surface area contributed by atoms with Gasteiger partial charge in [-0.3, -0.25) is 4.79 Å². The zero-order chi connectivity index (χ0) is 13.0. The number of halogens is 1. The van der Waals surface area contributed by atoms with Gasteiger partial charge in [0.25, 0.3) is 0 Å². The number of carbonyl (C=O) groups is 1. The van der Waals surface area contributed by atoms with Crippen molar-refractivity contribution in [2.24, 2.45) is 5.73 Å². The SMILES string of the molecule is NCc1cn(CC(=O)Nc2ccc(Br)nc2)nn1. The van der Waals surface area contributed by atoms with Gasteiger partial charge in [0.15, 0.2) is 0 Å². The summed E-state index contributed by atoms with van der Waals surface area (Å²) in [6.07, 6.45) is 3.20. The highest BCUT2D eigenvalue weighted by Gasteiger charge is 2.06. The van der Waals surface area contributed by atoms with E-state index in [1.807, 2.05) is 0 Å². The average molecular weight is 311 g/mol. The molecule has 0 aliphatic heterocycles. The number of pyridine rings is 1. The quantitative estimate of drug-likeness (QED) is 0.803. The third-order valence-corrected chi connectivity index (χ3v) is 2.58. The van der Waals surface area contributed by atoms with Crippen molar-refractivity contribution < 1.29 is 4.79 Å². The van der Waals surface area contributed by atoms with E-state index in [-0.39, 0.29) is 12.5 Å². The lowest BCUT2D eigenvalue weighted by Crippen LogP contribution is -2.19. The smallest absolute Gasteiger partial charge is 0.246 e. The van der Waals surface area contributed by atoms with Crippen LogP contribution in [-0.2, 0) is 17.9 Å². The monoisotopic (exact) mass is 310 g/mol. The minimum absolute atomic E-state index is 0.0864. The van der Waals surface area contributed by atoms with Crippen LogP contribution < -0.4 is 11.1 Å². The molecule has 8 heteroatoms. The van der Waals surface area contributed by atoms with Crippen molar-refractivity contribution in [1.82, 2.24) is 20.0 Å². The first-order valence-electron chi connectivity index (χ1n) is 5.18. The van der Waals surface area contributed by atoms with Gasteiger partial charge < -0.3 is 11.1 Å². The second-order valence-electron chi connectivity index (χ2n) is 3.53. The molecule has 0 bridgehead atoms. The van der Waals surface area contributed by atoms with Gasteiger partial charge >= 0.3 is 0 Å². The van der Waals surface area contributed by atoms with E-state index < -0.39 is 0 Å². The minimum atomic E-state index is -0.201. The Bertz CT molecular complexity index is 538. The number of anilines is 1. The normalized spacial score (nSPS) is 10.3. The van der Waals surface area contributed by atoms with Crippen LogP contribution in [-0.4, -0.2) is 25.9 Å². The predicted octanol–water partition coefficient (Wildman–Crippen LogP) is 0.533. The molecule has 2 rings (SSSR count). The molecule has 18 heavy (non-hydrogen) atoms. The lowest BCUT2D eigenvalue weighted by molar-refractivity contribution is -0.116. The fourth-order valence-corrected chi connectivity index (χ4v) is 1.54. The summed E-state index contributed by atoms with van der Waals surface area (Å²) in [6, 6.07) is 3.50. The summed E-state index contributed by atoms with van der Waals surface area (Å²) >= 11 is 3.22. The molecule has 1 amide bonds. The largest absolute Gasteiger partial charge is 0.325 e. The van der Waals surface area contributed by atoms with Crippen LogP contribution in [0.25, 0.3) is 0 Å². The molecule has 7 nitrogen and oxygen atoms in total. The molecule has 0 atom stereocenters. The Morgan fingerprint density at radius 1 is 1.50 bits per heavy atom. The molecule has 0 saturated heterocycles. The maximum absolute atomic E-state index is 11.7. The summed E-state index contributed by atoms with van der Waals surface area (Å²) in [6.45, 7) is 0.390. The Hall–Kier alpha value is -1.80. The Balaban J connectivity index is 1.94. The highest BCUT2D eigenvalue weighted by molar-refractivity contribution is 9.10. The molecular formula is C10H11BrN6O. The van der Waals surface area contributed by atoms with Crippen LogP contribution in [0.2, 0.25) is 0 Å². The van der Waals surface area contributed by atoms with Crippen molar-refractivity contribution in [3.05, 3.63) is 34.8 Å². The molecule has 0 saturated carbocycles. The molecule has 94 valence electrons. The summed E-state index contributed by atoms with van der Waals surface area (Å²) in [5.74, 6) is -0.201. The maximum Gasteiger partial charge on any atom is 0.246 e. The second-order valence-corrected chi connectivity index (χ2v) is 4.34. The van der Waals surface area contributed by atoms with E-state index in [0.29, 0.717) is 22.5 Å². The molecule has 2 aromatic heterocycles. The van der Waals surface area contributed by atoms with E-state index in [1.165, 1.54) is 4.68 Å². The minimum Gasteiger partial charge on any atom is -0.325 e. The molecule has 0 aliphatic rings. The Morgan fingerprint density at radius 2 is 2.33 bits per heavy atom. The zero-order valence-corrected chi connectivity index (χ0v) is 11.0. The highest BCUT2D eigenvalue weighted by Crippen LogP contribution is 2.10. The number of nitrogens with zero attached hydrogens (tertiary/aromatic N) is 4. The number of carbonyl (C=O) groups excluding carboxylic acids is 1. The van der Waals surface area contributed by atoms with E-state index in [1.54, 1.807) is 24.5 Å². The molecule has 0 aliphatic carbocycles. The van der Waals surface area contributed by atoms with Crippen molar-refractivity contribution in [3.63, 3.8) is 0 Å². The van der Waals surface area contributed by atoms with Crippen molar-refractivity contribution in [2.75, 3.05) is 5.32 Å². The molecule has 0 unspecified atom stereocenters. The van der Waals surface area contributed by atoms with Crippen molar-refractivity contribution in [1.29, 1.82) is 0 Å². The fourth-order valence-electron chi connectivity index (χ4n) is 1.31. The molecule has 0 aromatic carbocycles. The van der Waals surface area contributed by atoms with Crippen molar-refractivity contribution in [3.8, 4) is 0 Å². The van der Waals surface area contributed by atoms with Crippen LogP contribution in [0.1, 0.15) is 5.69 Å². The van der Waals surface area contributed by atoms with E-state index in [2.05, 4.69) is 36.5 Å². The van der Waals surface area contributed by atoms with Crippen molar-refractivity contribution >= 4 is 27.5 Å². The average Bonchev–Trinajstić information content (AvgIpc) is 2.79. The third kappa shape index (κ3) is 3.34. The van der Waals surface area contributed by atoms with E-state index in [9.17, 15) is 4.79 Å². The van der Waals surface area contributed by atoms with Gasteiger partial charge in [-0.2, -0.15) is 0 Å².